The number of piperidine rings is 2. The Hall–Kier alpha value is -2.80. The van der Waals surface area contributed by atoms with E-state index in [0.29, 0.717) is 19.0 Å². The summed E-state index contributed by atoms with van der Waals surface area (Å²) >= 11 is 0. The molecule has 7 nitrogen and oxygen atoms in total. The third kappa shape index (κ3) is 5.88. The summed E-state index contributed by atoms with van der Waals surface area (Å²) in [5.74, 6) is 0.428. The quantitative estimate of drug-likeness (QED) is 0.772. The molecule has 164 valence electrons. The summed E-state index contributed by atoms with van der Waals surface area (Å²) in [6.45, 7) is 4.04. The second-order valence-corrected chi connectivity index (χ2v) is 8.49. The fourth-order valence-corrected chi connectivity index (χ4v) is 4.62. The minimum atomic E-state index is 0.0852. The molecule has 0 aromatic carbocycles. The number of rotatable bonds is 6. The Morgan fingerprint density at radius 2 is 1.68 bits per heavy atom. The van der Waals surface area contributed by atoms with Crippen LogP contribution in [0.1, 0.15) is 36.9 Å². The van der Waals surface area contributed by atoms with Crippen molar-refractivity contribution in [1.82, 2.24) is 25.1 Å². The zero-order valence-corrected chi connectivity index (χ0v) is 17.9. The molecule has 2 aliphatic rings. The number of nitrogens with zero attached hydrogens (tertiary/aromatic N) is 4. The second-order valence-electron chi connectivity index (χ2n) is 8.49. The topological polar surface area (TPSA) is 78.4 Å². The SMILES string of the molecule is O=C(NCc1ccccn1)C1CCN(C2CCN(C(=O)Cc3ccncc3)CC2)CC1. The lowest BCUT2D eigenvalue weighted by atomic mass is 9.92. The highest BCUT2D eigenvalue weighted by Gasteiger charge is 2.31. The first-order chi connectivity index (χ1) is 15.2. The number of hydrogen-bond donors (Lipinski definition) is 1. The first-order valence-corrected chi connectivity index (χ1v) is 11.3. The Balaban J connectivity index is 1.17. The van der Waals surface area contributed by atoms with Gasteiger partial charge >= 0.3 is 0 Å². The molecule has 4 heterocycles. The Morgan fingerprint density at radius 3 is 2.35 bits per heavy atom. The summed E-state index contributed by atoms with van der Waals surface area (Å²) in [7, 11) is 0. The molecule has 0 saturated carbocycles. The molecule has 0 aliphatic carbocycles. The van der Waals surface area contributed by atoms with E-state index in [1.165, 1.54) is 0 Å². The molecule has 0 radical (unpaired) electrons. The summed E-state index contributed by atoms with van der Waals surface area (Å²) < 4.78 is 0. The van der Waals surface area contributed by atoms with Crippen molar-refractivity contribution in [2.75, 3.05) is 26.2 Å². The van der Waals surface area contributed by atoms with Crippen molar-refractivity contribution in [3.63, 3.8) is 0 Å². The predicted octanol–water partition coefficient (Wildman–Crippen LogP) is 2.04. The van der Waals surface area contributed by atoms with Crippen LogP contribution in [0.15, 0.2) is 48.9 Å². The van der Waals surface area contributed by atoms with Gasteiger partial charge in [0.05, 0.1) is 18.7 Å². The average molecular weight is 422 g/mol. The van der Waals surface area contributed by atoms with Crippen molar-refractivity contribution < 1.29 is 9.59 Å². The van der Waals surface area contributed by atoms with Crippen molar-refractivity contribution in [2.45, 2.75) is 44.7 Å². The minimum Gasteiger partial charge on any atom is -0.350 e. The van der Waals surface area contributed by atoms with Crippen molar-refractivity contribution >= 4 is 11.8 Å². The van der Waals surface area contributed by atoms with E-state index in [1.54, 1.807) is 18.6 Å². The van der Waals surface area contributed by atoms with Crippen molar-refractivity contribution in [1.29, 1.82) is 0 Å². The zero-order valence-electron chi connectivity index (χ0n) is 17.9. The number of carbonyl (C=O) groups is 2. The minimum absolute atomic E-state index is 0.0852. The molecule has 2 fully saturated rings. The van der Waals surface area contributed by atoms with Gasteiger partial charge in [-0.05, 0) is 68.6 Å². The van der Waals surface area contributed by atoms with Gasteiger partial charge in [-0.1, -0.05) is 6.07 Å². The number of likely N-dealkylation sites (tertiary alicyclic amines) is 2. The van der Waals surface area contributed by atoms with Gasteiger partial charge in [-0.3, -0.25) is 19.6 Å². The second kappa shape index (κ2) is 10.5. The molecule has 0 bridgehead atoms. The number of pyridine rings is 2. The Kier molecular flexibility index (Phi) is 7.25. The number of hydrogen-bond acceptors (Lipinski definition) is 5. The molecule has 0 atom stereocenters. The van der Waals surface area contributed by atoms with Crippen LogP contribution in [0, 0.1) is 5.92 Å². The molecule has 31 heavy (non-hydrogen) atoms. The molecular weight excluding hydrogens is 390 g/mol. The molecule has 2 aromatic heterocycles. The van der Waals surface area contributed by atoms with Gasteiger partial charge in [0.1, 0.15) is 0 Å². The molecule has 7 heteroatoms. The molecular formula is C24H31N5O2. The monoisotopic (exact) mass is 421 g/mol. The van der Waals surface area contributed by atoms with E-state index in [2.05, 4.69) is 20.2 Å². The van der Waals surface area contributed by atoms with Gasteiger partial charge in [0.2, 0.25) is 11.8 Å². The largest absolute Gasteiger partial charge is 0.350 e. The molecule has 4 rings (SSSR count). The highest BCUT2D eigenvalue weighted by Crippen LogP contribution is 2.24. The molecule has 0 spiro atoms. The van der Waals surface area contributed by atoms with Crippen molar-refractivity contribution in [3.05, 3.63) is 60.2 Å². The van der Waals surface area contributed by atoms with E-state index in [0.717, 1.165) is 63.1 Å². The number of nitrogens with one attached hydrogen (secondary N) is 1. The standard InChI is InChI=1S/C24H31N5O2/c30-23(17-19-4-11-25-12-5-19)29-15-8-22(9-16-29)28-13-6-20(7-14-28)24(31)27-18-21-3-1-2-10-26-21/h1-5,10-12,20,22H,6-9,13-18H2,(H,27,31). The highest BCUT2D eigenvalue weighted by molar-refractivity contribution is 5.79. The first kappa shape index (κ1) is 21.4. The van der Waals surface area contributed by atoms with Gasteiger partial charge in [-0.15, -0.1) is 0 Å². The Labute approximate surface area is 183 Å². The van der Waals surface area contributed by atoms with Crippen LogP contribution in [0.4, 0.5) is 0 Å². The molecule has 2 saturated heterocycles. The van der Waals surface area contributed by atoms with Crippen LogP contribution >= 0.6 is 0 Å². The zero-order chi connectivity index (χ0) is 21.5. The molecule has 2 amide bonds. The highest BCUT2D eigenvalue weighted by atomic mass is 16.2. The van der Waals surface area contributed by atoms with Gasteiger partial charge in [0, 0.05) is 43.6 Å². The number of aromatic nitrogens is 2. The summed E-state index contributed by atoms with van der Waals surface area (Å²) in [5, 5.41) is 3.03. The fourth-order valence-electron chi connectivity index (χ4n) is 4.62. The summed E-state index contributed by atoms with van der Waals surface area (Å²) in [4.78, 5) is 37.9. The number of amides is 2. The van der Waals surface area contributed by atoms with E-state index in [1.807, 2.05) is 35.2 Å². The van der Waals surface area contributed by atoms with Crippen LogP contribution in [0.25, 0.3) is 0 Å². The van der Waals surface area contributed by atoms with Crippen LogP contribution in [0.2, 0.25) is 0 Å². The lowest BCUT2D eigenvalue weighted by Crippen LogP contribution is -2.50. The van der Waals surface area contributed by atoms with E-state index in [9.17, 15) is 9.59 Å². The molecule has 1 N–H and O–H groups in total. The van der Waals surface area contributed by atoms with Crippen LogP contribution in [0.5, 0.6) is 0 Å². The Morgan fingerprint density at radius 1 is 0.935 bits per heavy atom. The lowest BCUT2D eigenvalue weighted by molar-refractivity contribution is -0.132. The van der Waals surface area contributed by atoms with E-state index in [4.69, 9.17) is 0 Å². The molecule has 2 aliphatic heterocycles. The van der Waals surface area contributed by atoms with E-state index < -0.39 is 0 Å². The smallest absolute Gasteiger partial charge is 0.226 e. The van der Waals surface area contributed by atoms with Gasteiger partial charge < -0.3 is 15.1 Å². The van der Waals surface area contributed by atoms with Crippen molar-refractivity contribution in [3.8, 4) is 0 Å². The predicted molar refractivity (Wildman–Crippen MR) is 118 cm³/mol. The van der Waals surface area contributed by atoms with Crippen LogP contribution in [-0.4, -0.2) is 63.8 Å². The van der Waals surface area contributed by atoms with Crippen LogP contribution < -0.4 is 5.32 Å². The fraction of sp³-hybridized carbons (Fsp3) is 0.500. The Bertz CT molecular complexity index is 845. The van der Waals surface area contributed by atoms with E-state index in [-0.39, 0.29) is 17.7 Å². The third-order valence-corrected chi connectivity index (χ3v) is 6.51. The van der Waals surface area contributed by atoms with Crippen LogP contribution in [0.3, 0.4) is 0 Å². The molecule has 0 unspecified atom stereocenters. The van der Waals surface area contributed by atoms with Gasteiger partial charge in [-0.2, -0.15) is 0 Å². The maximum absolute atomic E-state index is 12.6. The average Bonchev–Trinajstić information content (AvgIpc) is 2.84. The normalized spacial score (nSPS) is 18.6. The first-order valence-electron chi connectivity index (χ1n) is 11.3. The summed E-state index contributed by atoms with van der Waals surface area (Å²) in [6.07, 6.45) is 9.49. The van der Waals surface area contributed by atoms with Crippen LogP contribution in [-0.2, 0) is 22.6 Å². The van der Waals surface area contributed by atoms with E-state index >= 15 is 0 Å². The van der Waals surface area contributed by atoms with Gasteiger partial charge in [0.25, 0.3) is 0 Å². The maximum Gasteiger partial charge on any atom is 0.226 e. The van der Waals surface area contributed by atoms with Crippen molar-refractivity contribution in [2.24, 2.45) is 5.92 Å². The number of carbonyl (C=O) groups excluding carboxylic acids is 2. The van der Waals surface area contributed by atoms with Gasteiger partial charge in [-0.25, -0.2) is 0 Å². The summed E-state index contributed by atoms with van der Waals surface area (Å²) in [6, 6.07) is 10.1. The lowest BCUT2D eigenvalue weighted by Gasteiger charge is -2.41. The maximum atomic E-state index is 12.6. The summed E-state index contributed by atoms with van der Waals surface area (Å²) in [5.41, 5.74) is 1.91. The third-order valence-electron chi connectivity index (χ3n) is 6.51. The van der Waals surface area contributed by atoms with Gasteiger partial charge in [0.15, 0.2) is 0 Å². The molecule has 2 aromatic rings.